The van der Waals surface area contributed by atoms with Crippen LogP contribution in [0.5, 0.6) is 0 Å². The van der Waals surface area contributed by atoms with Gasteiger partial charge in [0, 0.05) is 18.2 Å². The Labute approximate surface area is 128 Å². The fraction of sp³-hybridized carbons (Fsp3) is 0.375. The van der Waals surface area contributed by atoms with Crippen LogP contribution >= 0.6 is 11.8 Å². The average Bonchev–Trinajstić information content (AvgIpc) is 2.95. The molecule has 0 aliphatic carbocycles. The number of rotatable bonds is 5. The molecule has 1 atom stereocenters. The first-order chi connectivity index (χ1) is 10.0. The number of carboxylic acids is 1. The third kappa shape index (κ3) is 4.93. The number of amides is 1. The van der Waals surface area contributed by atoms with Gasteiger partial charge in [-0.2, -0.15) is 11.8 Å². The SMILES string of the molecule is Cc1cc(/C=C/C(=O)O)cc(C(=O)NCC2CCSC2)c1. The third-order valence-electron chi connectivity index (χ3n) is 3.36. The Morgan fingerprint density at radius 2 is 2.24 bits per heavy atom. The summed E-state index contributed by atoms with van der Waals surface area (Å²) in [5.41, 5.74) is 2.23. The van der Waals surface area contributed by atoms with Crippen molar-refractivity contribution in [3.05, 3.63) is 41.0 Å². The van der Waals surface area contributed by atoms with Gasteiger partial charge in [-0.15, -0.1) is 0 Å². The Morgan fingerprint density at radius 3 is 2.90 bits per heavy atom. The van der Waals surface area contributed by atoms with Crippen molar-refractivity contribution in [1.29, 1.82) is 0 Å². The Hall–Kier alpha value is -1.75. The normalized spacial score (nSPS) is 18.0. The van der Waals surface area contributed by atoms with Crippen LogP contribution in [0.1, 0.15) is 27.9 Å². The van der Waals surface area contributed by atoms with Crippen LogP contribution in [-0.2, 0) is 4.79 Å². The van der Waals surface area contributed by atoms with Crippen LogP contribution in [-0.4, -0.2) is 35.0 Å². The van der Waals surface area contributed by atoms with E-state index in [0.29, 0.717) is 18.0 Å². The van der Waals surface area contributed by atoms with Crippen molar-refractivity contribution in [1.82, 2.24) is 5.32 Å². The maximum Gasteiger partial charge on any atom is 0.328 e. The summed E-state index contributed by atoms with van der Waals surface area (Å²) < 4.78 is 0. The molecule has 1 heterocycles. The molecule has 5 heteroatoms. The van der Waals surface area contributed by atoms with Gasteiger partial charge >= 0.3 is 5.97 Å². The van der Waals surface area contributed by atoms with Crippen molar-refractivity contribution >= 4 is 29.7 Å². The number of hydrogen-bond acceptors (Lipinski definition) is 3. The fourth-order valence-electron chi connectivity index (χ4n) is 2.29. The van der Waals surface area contributed by atoms with Crippen LogP contribution in [0.15, 0.2) is 24.3 Å². The molecule has 1 aliphatic rings. The molecule has 1 saturated heterocycles. The van der Waals surface area contributed by atoms with Crippen LogP contribution in [0.4, 0.5) is 0 Å². The number of carboxylic acid groups (broad SMARTS) is 1. The first-order valence-electron chi connectivity index (χ1n) is 6.93. The molecule has 1 aromatic carbocycles. The lowest BCUT2D eigenvalue weighted by atomic mass is 10.0. The van der Waals surface area contributed by atoms with E-state index in [1.54, 1.807) is 6.07 Å². The summed E-state index contributed by atoms with van der Waals surface area (Å²) in [5.74, 6) is 1.76. The number of hydrogen-bond donors (Lipinski definition) is 2. The molecule has 0 saturated carbocycles. The highest BCUT2D eigenvalue weighted by Crippen LogP contribution is 2.22. The zero-order valence-electron chi connectivity index (χ0n) is 12.0. The van der Waals surface area contributed by atoms with Gasteiger partial charge in [-0.25, -0.2) is 4.79 Å². The first kappa shape index (κ1) is 15.6. The number of thioether (sulfide) groups is 1. The minimum Gasteiger partial charge on any atom is -0.478 e. The van der Waals surface area contributed by atoms with Gasteiger partial charge in [0.25, 0.3) is 5.91 Å². The van der Waals surface area contributed by atoms with Crippen molar-refractivity contribution < 1.29 is 14.7 Å². The Kier molecular flexibility index (Phi) is 5.44. The molecular formula is C16H19NO3S. The van der Waals surface area contributed by atoms with Gasteiger partial charge in [0.2, 0.25) is 0 Å². The molecule has 112 valence electrons. The number of nitrogens with one attached hydrogen (secondary N) is 1. The Bertz CT molecular complexity index is 563. The second-order valence-corrected chi connectivity index (χ2v) is 6.39. The highest BCUT2D eigenvalue weighted by molar-refractivity contribution is 7.99. The zero-order chi connectivity index (χ0) is 15.2. The molecule has 2 N–H and O–H groups in total. The lowest BCUT2D eigenvalue weighted by molar-refractivity contribution is -0.131. The van der Waals surface area contributed by atoms with Crippen LogP contribution in [0, 0.1) is 12.8 Å². The summed E-state index contributed by atoms with van der Waals surface area (Å²) in [6, 6.07) is 5.38. The maximum absolute atomic E-state index is 12.2. The second-order valence-electron chi connectivity index (χ2n) is 5.24. The van der Waals surface area contributed by atoms with E-state index in [2.05, 4.69) is 5.32 Å². The van der Waals surface area contributed by atoms with E-state index in [4.69, 9.17) is 5.11 Å². The summed E-state index contributed by atoms with van der Waals surface area (Å²) in [5, 5.41) is 11.6. The molecule has 4 nitrogen and oxygen atoms in total. The summed E-state index contributed by atoms with van der Waals surface area (Å²) in [6.45, 7) is 2.60. The Morgan fingerprint density at radius 1 is 1.43 bits per heavy atom. The van der Waals surface area contributed by atoms with Crippen molar-refractivity contribution in [3.63, 3.8) is 0 Å². The minimum absolute atomic E-state index is 0.0967. The van der Waals surface area contributed by atoms with E-state index in [0.717, 1.165) is 29.4 Å². The molecule has 0 spiro atoms. The van der Waals surface area contributed by atoms with Crippen LogP contribution in [0.2, 0.25) is 0 Å². The molecular weight excluding hydrogens is 286 g/mol. The van der Waals surface area contributed by atoms with Crippen LogP contribution < -0.4 is 5.32 Å². The topological polar surface area (TPSA) is 66.4 Å². The second kappa shape index (κ2) is 7.31. The maximum atomic E-state index is 12.2. The van der Waals surface area contributed by atoms with Crippen molar-refractivity contribution in [2.75, 3.05) is 18.1 Å². The van der Waals surface area contributed by atoms with E-state index in [9.17, 15) is 9.59 Å². The lowest BCUT2D eigenvalue weighted by Crippen LogP contribution is -2.29. The molecule has 21 heavy (non-hydrogen) atoms. The van der Waals surface area contributed by atoms with Crippen molar-refractivity contribution in [2.24, 2.45) is 5.92 Å². The lowest BCUT2D eigenvalue weighted by Gasteiger charge is -2.11. The van der Waals surface area contributed by atoms with E-state index < -0.39 is 5.97 Å². The quantitative estimate of drug-likeness (QED) is 0.821. The standard InChI is InChI=1S/C16H19NO3S/c1-11-6-12(2-3-15(18)19)8-14(7-11)16(20)17-9-13-4-5-21-10-13/h2-3,6-8,13H,4-5,9-10H2,1H3,(H,17,20)(H,18,19)/b3-2+. The average molecular weight is 305 g/mol. The summed E-state index contributed by atoms with van der Waals surface area (Å²) >= 11 is 1.93. The molecule has 0 bridgehead atoms. The van der Waals surface area contributed by atoms with E-state index >= 15 is 0 Å². The number of aryl methyl sites for hydroxylation is 1. The van der Waals surface area contributed by atoms with E-state index in [-0.39, 0.29) is 5.91 Å². The number of aliphatic carboxylic acids is 1. The highest BCUT2D eigenvalue weighted by atomic mass is 32.2. The van der Waals surface area contributed by atoms with E-state index in [1.807, 2.05) is 30.8 Å². The van der Waals surface area contributed by atoms with Gasteiger partial charge < -0.3 is 10.4 Å². The molecule has 1 unspecified atom stereocenters. The smallest absolute Gasteiger partial charge is 0.328 e. The van der Waals surface area contributed by atoms with Crippen LogP contribution in [0.3, 0.4) is 0 Å². The third-order valence-corrected chi connectivity index (χ3v) is 4.59. The van der Waals surface area contributed by atoms with Crippen molar-refractivity contribution in [3.8, 4) is 0 Å². The molecule has 0 radical (unpaired) electrons. The number of carbonyl (C=O) groups is 2. The fourth-order valence-corrected chi connectivity index (χ4v) is 3.58. The molecule has 2 rings (SSSR count). The van der Waals surface area contributed by atoms with Crippen LogP contribution in [0.25, 0.3) is 6.08 Å². The van der Waals surface area contributed by atoms with Crippen molar-refractivity contribution in [2.45, 2.75) is 13.3 Å². The minimum atomic E-state index is -0.999. The van der Waals surface area contributed by atoms with Gasteiger partial charge in [0.15, 0.2) is 0 Å². The van der Waals surface area contributed by atoms with Gasteiger partial charge in [0.05, 0.1) is 0 Å². The van der Waals surface area contributed by atoms with Gasteiger partial charge in [0.1, 0.15) is 0 Å². The van der Waals surface area contributed by atoms with Gasteiger partial charge in [-0.05, 0) is 60.1 Å². The van der Waals surface area contributed by atoms with Gasteiger partial charge in [-0.1, -0.05) is 6.07 Å². The Balaban J connectivity index is 2.03. The largest absolute Gasteiger partial charge is 0.478 e. The monoisotopic (exact) mass is 305 g/mol. The first-order valence-corrected chi connectivity index (χ1v) is 8.08. The highest BCUT2D eigenvalue weighted by Gasteiger charge is 2.16. The summed E-state index contributed by atoms with van der Waals surface area (Å²) in [6.07, 6.45) is 3.73. The molecule has 1 aromatic rings. The predicted octanol–water partition coefficient (Wildman–Crippen LogP) is 2.58. The molecule has 0 aromatic heterocycles. The molecule has 1 amide bonds. The zero-order valence-corrected chi connectivity index (χ0v) is 12.8. The molecule has 1 fully saturated rings. The van der Waals surface area contributed by atoms with Gasteiger partial charge in [-0.3, -0.25) is 4.79 Å². The summed E-state index contributed by atoms with van der Waals surface area (Å²) in [7, 11) is 0. The number of carbonyl (C=O) groups excluding carboxylic acids is 1. The predicted molar refractivity (Wildman–Crippen MR) is 85.6 cm³/mol. The molecule has 1 aliphatic heterocycles. The van der Waals surface area contributed by atoms with E-state index in [1.165, 1.54) is 11.8 Å². The number of benzene rings is 1. The summed E-state index contributed by atoms with van der Waals surface area (Å²) in [4.78, 5) is 22.7.